The van der Waals surface area contributed by atoms with Gasteiger partial charge in [0.1, 0.15) is 13.2 Å². The maximum absolute atomic E-state index is 12.9. The molecule has 0 aliphatic rings. The molecule has 6 nitrogen and oxygen atoms in total. The minimum absolute atomic E-state index is 0.0701. The van der Waals surface area contributed by atoms with E-state index in [-0.39, 0.29) is 31.1 Å². The summed E-state index contributed by atoms with van der Waals surface area (Å²) < 4.78 is 17.0. The topological polar surface area (TPSA) is 78.9 Å². The van der Waals surface area contributed by atoms with Crippen LogP contribution >= 0.6 is 0 Å². The van der Waals surface area contributed by atoms with Crippen LogP contribution in [0.1, 0.15) is 387 Å². The highest BCUT2D eigenvalue weighted by atomic mass is 16.6. The highest BCUT2D eigenvalue weighted by molar-refractivity contribution is 5.71. The first-order valence-corrected chi connectivity index (χ1v) is 35.0. The summed E-state index contributed by atoms with van der Waals surface area (Å²) in [6, 6.07) is 0. The largest absolute Gasteiger partial charge is 0.462 e. The number of carbonyl (C=O) groups is 3. The van der Waals surface area contributed by atoms with E-state index in [1.165, 1.54) is 276 Å². The Kier molecular flexibility index (Phi) is 65.1. The molecule has 0 N–H and O–H groups in total. The quantitative estimate of drug-likeness (QED) is 0.0261. The fourth-order valence-electron chi connectivity index (χ4n) is 10.6. The summed E-state index contributed by atoms with van der Waals surface area (Å²) in [6.07, 6.45) is 83.1. The van der Waals surface area contributed by atoms with Crippen LogP contribution in [0.3, 0.4) is 0 Å². The summed E-state index contributed by atoms with van der Waals surface area (Å²) in [4.78, 5) is 38.4. The van der Waals surface area contributed by atoms with Crippen molar-refractivity contribution in [3.05, 3.63) is 36.5 Å². The number of esters is 3. The number of ether oxygens (including phenoxy) is 3. The molecule has 6 heteroatoms. The predicted octanol–water partition coefficient (Wildman–Crippen LogP) is 23.9. The van der Waals surface area contributed by atoms with Crippen molar-refractivity contribution in [2.75, 3.05) is 13.2 Å². The highest BCUT2D eigenvalue weighted by Gasteiger charge is 2.19. The van der Waals surface area contributed by atoms with Crippen LogP contribution in [0, 0.1) is 0 Å². The van der Waals surface area contributed by atoms with Crippen LogP contribution < -0.4 is 0 Å². The van der Waals surface area contributed by atoms with Gasteiger partial charge >= 0.3 is 17.9 Å². The second kappa shape index (κ2) is 67.1. The van der Waals surface area contributed by atoms with Crippen LogP contribution in [0.2, 0.25) is 0 Å². The molecule has 0 spiro atoms. The molecule has 0 rings (SSSR count). The molecule has 0 radical (unpaired) electrons. The van der Waals surface area contributed by atoms with Crippen LogP contribution in [-0.4, -0.2) is 37.2 Å². The fourth-order valence-corrected chi connectivity index (χ4v) is 10.6. The van der Waals surface area contributed by atoms with Crippen molar-refractivity contribution in [1.82, 2.24) is 0 Å². The van der Waals surface area contributed by atoms with Gasteiger partial charge in [0.25, 0.3) is 0 Å². The van der Waals surface area contributed by atoms with Gasteiger partial charge < -0.3 is 14.2 Å². The first-order chi connectivity index (χ1) is 38.5. The normalized spacial score (nSPS) is 12.2. The molecule has 0 heterocycles. The molecule has 458 valence electrons. The number of rotatable bonds is 65. The Morgan fingerprint density at radius 2 is 0.462 bits per heavy atom. The molecule has 78 heavy (non-hydrogen) atoms. The molecule has 1 unspecified atom stereocenters. The van der Waals surface area contributed by atoms with Gasteiger partial charge in [0.05, 0.1) is 0 Å². The lowest BCUT2D eigenvalue weighted by Crippen LogP contribution is -2.30. The smallest absolute Gasteiger partial charge is 0.306 e. The van der Waals surface area contributed by atoms with E-state index >= 15 is 0 Å². The van der Waals surface area contributed by atoms with E-state index in [2.05, 4.69) is 57.2 Å². The zero-order valence-corrected chi connectivity index (χ0v) is 52.7. The molecule has 0 aliphatic carbocycles. The van der Waals surface area contributed by atoms with Gasteiger partial charge in [-0.1, -0.05) is 327 Å². The zero-order valence-electron chi connectivity index (χ0n) is 52.7. The summed E-state index contributed by atoms with van der Waals surface area (Å²) in [5.74, 6) is -0.850. The Morgan fingerprint density at radius 3 is 0.718 bits per heavy atom. The molecule has 0 aromatic heterocycles. The maximum atomic E-state index is 12.9. The average molecular weight is 1100 g/mol. The fraction of sp³-hybridized carbons (Fsp3) is 0.875. The second-order valence-electron chi connectivity index (χ2n) is 23.8. The van der Waals surface area contributed by atoms with Crippen LogP contribution in [0.25, 0.3) is 0 Å². The van der Waals surface area contributed by atoms with Crippen molar-refractivity contribution in [3.8, 4) is 0 Å². The minimum atomic E-state index is -0.774. The Balaban J connectivity index is 4.27. The first kappa shape index (κ1) is 75.6. The van der Waals surface area contributed by atoms with Crippen LogP contribution in [-0.2, 0) is 28.6 Å². The van der Waals surface area contributed by atoms with Crippen LogP contribution in [0.4, 0.5) is 0 Å². The van der Waals surface area contributed by atoms with E-state index in [1.807, 2.05) is 0 Å². The van der Waals surface area contributed by atoms with E-state index in [4.69, 9.17) is 14.2 Å². The summed E-state index contributed by atoms with van der Waals surface area (Å²) in [6.45, 7) is 6.69. The van der Waals surface area contributed by atoms with Crippen molar-refractivity contribution in [2.24, 2.45) is 0 Å². The molecule has 0 aromatic rings. The lowest BCUT2D eigenvalue weighted by molar-refractivity contribution is -0.167. The summed E-state index contributed by atoms with van der Waals surface area (Å²) in [7, 11) is 0. The van der Waals surface area contributed by atoms with Crippen molar-refractivity contribution in [2.45, 2.75) is 393 Å². The predicted molar refractivity (Wildman–Crippen MR) is 339 cm³/mol. The number of carbonyl (C=O) groups excluding carboxylic acids is 3. The van der Waals surface area contributed by atoms with Gasteiger partial charge in [-0.2, -0.15) is 0 Å². The summed E-state index contributed by atoms with van der Waals surface area (Å²) >= 11 is 0. The first-order valence-electron chi connectivity index (χ1n) is 35.0. The molecular weight excluding hydrogens is 961 g/mol. The monoisotopic (exact) mass is 1100 g/mol. The standard InChI is InChI=1S/C72H134O6/c1-4-7-10-13-16-19-22-25-28-30-32-34-35-36-37-38-40-41-44-47-50-53-56-59-62-65-71(74)77-68-69(67-76-70(73)64-61-58-55-52-49-46-43-27-24-21-18-15-12-9-6-3)78-72(75)66-63-60-57-54-51-48-45-42-39-33-31-29-26-23-20-17-14-11-8-5-2/h22,25,27,30,32,43,69H,4-21,23-24,26,28-29,31,33-42,44-68H2,1-3H3/b25-22-,32-30-,43-27-. The molecule has 0 saturated heterocycles. The number of allylic oxidation sites excluding steroid dienone is 6. The Hall–Kier alpha value is -2.37. The van der Waals surface area contributed by atoms with Gasteiger partial charge in [-0.25, -0.2) is 0 Å². The Labute approximate surface area is 486 Å². The highest BCUT2D eigenvalue weighted by Crippen LogP contribution is 2.18. The number of hydrogen-bond donors (Lipinski definition) is 0. The van der Waals surface area contributed by atoms with Crippen LogP contribution in [0.15, 0.2) is 36.5 Å². The summed E-state index contributed by atoms with van der Waals surface area (Å²) in [5.41, 5.74) is 0. The molecule has 0 saturated carbocycles. The van der Waals surface area contributed by atoms with Gasteiger partial charge in [-0.15, -0.1) is 0 Å². The Bertz CT molecular complexity index is 1300. The Morgan fingerprint density at radius 1 is 0.256 bits per heavy atom. The number of hydrogen-bond acceptors (Lipinski definition) is 6. The number of unbranched alkanes of at least 4 members (excludes halogenated alkanes) is 48. The van der Waals surface area contributed by atoms with Gasteiger partial charge in [0.15, 0.2) is 6.10 Å². The average Bonchev–Trinajstić information content (AvgIpc) is 3.44. The maximum Gasteiger partial charge on any atom is 0.306 e. The summed E-state index contributed by atoms with van der Waals surface area (Å²) in [5, 5.41) is 0. The van der Waals surface area contributed by atoms with Crippen molar-refractivity contribution >= 4 is 17.9 Å². The lowest BCUT2D eigenvalue weighted by atomic mass is 10.0. The van der Waals surface area contributed by atoms with Crippen molar-refractivity contribution in [3.63, 3.8) is 0 Å². The molecule has 0 aromatic carbocycles. The lowest BCUT2D eigenvalue weighted by Gasteiger charge is -2.18. The zero-order chi connectivity index (χ0) is 56.4. The van der Waals surface area contributed by atoms with Crippen molar-refractivity contribution in [1.29, 1.82) is 0 Å². The molecule has 0 amide bonds. The molecular formula is C72H134O6. The van der Waals surface area contributed by atoms with E-state index in [1.54, 1.807) is 0 Å². The van der Waals surface area contributed by atoms with Gasteiger partial charge in [0, 0.05) is 19.3 Å². The van der Waals surface area contributed by atoms with E-state index < -0.39 is 6.10 Å². The third kappa shape index (κ3) is 64.5. The minimum Gasteiger partial charge on any atom is -0.462 e. The van der Waals surface area contributed by atoms with Gasteiger partial charge in [-0.3, -0.25) is 14.4 Å². The third-order valence-corrected chi connectivity index (χ3v) is 15.9. The van der Waals surface area contributed by atoms with E-state index in [0.717, 1.165) is 70.6 Å². The molecule has 0 bridgehead atoms. The van der Waals surface area contributed by atoms with Gasteiger partial charge in [-0.05, 0) is 77.0 Å². The SMILES string of the molecule is CCCCCCC/C=C\C/C=C\CCCCCCCCCCCCCCCC(=O)OCC(COC(=O)CCCCCCC/C=C\CCCCCCCC)OC(=O)CCCCCCCCCCCCCCCCCCCCCC. The second-order valence-corrected chi connectivity index (χ2v) is 23.8. The van der Waals surface area contributed by atoms with E-state index in [0.29, 0.717) is 19.3 Å². The van der Waals surface area contributed by atoms with Crippen molar-refractivity contribution < 1.29 is 28.6 Å². The van der Waals surface area contributed by atoms with E-state index in [9.17, 15) is 14.4 Å². The molecule has 1 atom stereocenters. The molecule has 0 fully saturated rings. The molecule has 0 aliphatic heterocycles. The van der Waals surface area contributed by atoms with Crippen LogP contribution in [0.5, 0.6) is 0 Å². The third-order valence-electron chi connectivity index (χ3n) is 15.9. The van der Waals surface area contributed by atoms with Gasteiger partial charge in [0.2, 0.25) is 0 Å².